The van der Waals surface area contributed by atoms with Crippen LogP contribution in [0.25, 0.3) is 11.0 Å². The number of aromatic hydroxyl groups is 2. The first-order valence-electron chi connectivity index (χ1n) is 9.79. The van der Waals surface area contributed by atoms with E-state index in [1.54, 1.807) is 0 Å². The molecule has 1 aromatic carbocycles. The molecule has 0 radical (unpaired) electrons. The van der Waals surface area contributed by atoms with Gasteiger partial charge in [-0.05, 0) is 17.9 Å². The highest BCUT2D eigenvalue weighted by Crippen LogP contribution is 2.32. The second kappa shape index (κ2) is 8.93. The Kier molecular flexibility index (Phi) is 6.52. The van der Waals surface area contributed by atoms with E-state index in [4.69, 9.17) is 11.6 Å². The molecule has 0 bridgehead atoms. The highest BCUT2D eigenvalue weighted by Gasteiger charge is 2.18. The standard InChI is InChI=1S/C20H27ClN6O3/c1-9(2)15(30)8-23-20-24-17-16(10(3)4)26-27-18(17)19(25-20)22-7-11-5-14(29)12(21)6-13(11)28/h5-6,9-10,15,28-30H,7-8H2,1-4H3,(H,26,27)(H2,22,23,24,25). The second-order valence-electron chi connectivity index (χ2n) is 7.86. The summed E-state index contributed by atoms with van der Waals surface area (Å²) in [6, 6.07) is 2.68. The minimum Gasteiger partial charge on any atom is -0.508 e. The van der Waals surface area contributed by atoms with Gasteiger partial charge in [-0.25, -0.2) is 4.98 Å². The van der Waals surface area contributed by atoms with Crippen LogP contribution in [0, 0.1) is 5.92 Å². The zero-order valence-corrected chi connectivity index (χ0v) is 18.1. The lowest BCUT2D eigenvalue weighted by Gasteiger charge is -2.16. The Bertz CT molecular complexity index is 1040. The van der Waals surface area contributed by atoms with Crippen molar-refractivity contribution in [3.8, 4) is 11.5 Å². The molecule has 1 atom stereocenters. The molecular weight excluding hydrogens is 408 g/mol. The van der Waals surface area contributed by atoms with Crippen LogP contribution in [0.5, 0.6) is 11.5 Å². The normalized spacial score (nSPS) is 12.7. The van der Waals surface area contributed by atoms with Crippen LogP contribution in [0.3, 0.4) is 0 Å². The number of phenols is 2. The first kappa shape index (κ1) is 21.9. The molecule has 1 unspecified atom stereocenters. The second-order valence-corrected chi connectivity index (χ2v) is 8.27. The van der Waals surface area contributed by atoms with Gasteiger partial charge in [0.05, 0.1) is 16.8 Å². The lowest BCUT2D eigenvalue weighted by molar-refractivity contribution is 0.137. The summed E-state index contributed by atoms with van der Waals surface area (Å²) < 4.78 is 0. The van der Waals surface area contributed by atoms with Crippen molar-refractivity contribution in [3.05, 3.63) is 28.4 Å². The largest absolute Gasteiger partial charge is 0.508 e. The van der Waals surface area contributed by atoms with Crippen molar-refractivity contribution in [3.63, 3.8) is 0 Å². The van der Waals surface area contributed by atoms with Crippen molar-refractivity contribution < 1.29 is 15.3 Å². The molecule has 0 fully saturated rings. The summed E-state index contributed by atoms with van der Waals surface area (Å²) in [5.74, 6) is 0.920. The van der Waals surface area contributed by atoms with Crippen molar-refractivity contribution in [1.82, 2.24) is 20.2 Å². The molecule has 0 saturated heterocycles. The third-order valence-electron chi connectivity index (χ3n) is 4.84. The van der Waals surface area contributed by atoms with Gasteiger partial charge in [0.2, 0.25) is 5.95 Å². The summed E-state index contributed by atoms with van der Waals surface area (Å²) in [5.41, 5.74) is 2.56. The number of nitrogens with zero attached hydrogens (tertiary/aromatic N) is 3. The molecule has 6 N–H and O–H groups in total. The number of aromatic nitrogens is 4. The summed E-state index contributed by atoms with van der Waals surface area (Å²) >= 11 is 5.82. The Balaban J connectivity index is 1.93. The molecule has 10 heteroatoms. The van der Waals surface area contributed by atoms with E-state index in [-0.39, 0.29) is 34.9 Å². The Morgan fingerprint density at radius 1 is 1.03 bits per heavy atom. The topological polar surface area (TPSA) is 139 Å². The third-order valence-corrected chi connectivity index (χ3v) is 5.14. The molecule has 0 aliphatic carbocycles. The molecule has 2 aromatic heterocycles. The van der Waals surface area contributed by atoms with Crippen LogP contribution in [0.15, 0.2) is 12.1 Å². The molecule has 3 aromatic rings. The highest BCUT2D eigenvalue weighted by atomic mass is 35.5. The monoisotopic (exact) mass is 434 g/mol. The minimum absolute atomic E-state index is 0.0427. The Labute approximate surface area is 179 Å². The molecule has 0 aliphatic rings. The number of fused-ring (bicyclic) bond motifs is 1. The Morgan fingerprint density at radius 3 is 2.43 bits per heavy atom. The van der Waals surface area contributed by atoms with E-state index in [1.807, 2.05) is 27.7 Å². The smallest absolute Gasteiger partial charge is 0.225 e. The lowest BCUT2D eigenvalue weighted by atomic mass is 10.1. The number of rotatable bonds is 8. The summed E-state index contributed by atoms with van der Waals surface area (Å²) in [5, 5.41) is 43.7. The molecule has 0 spiro atoms. The lowest BCUT2D eigenvalue weighted by Crippen LogP contribution is -2.25. The Morgan fingerprint density at radius 2 is 1.77 bits per heavy atom. The number of aliphatic hydroxyl groups excluding tert-OH is 1. The molecule has 9 nitrogen and oxygen atoms in total. The molecule has 162 valence electrons. The van der Waals surface area contributed by atoms with E-state index in [9.17, 15) is 15.3 Å². The number of nitrogens with one attached hydrogen (secondary N) is 3. The summed E-state index contributed by atoms with van der Waals surface area (Å²) in [6.45, 7) is 8.43. The number of phenolic OH excluding ortho intramolecular Hbond substituents is 2. The van der Waals surface area contributed by atoms with E-state index in [2.05, 4.69) is 30.8 Å². The van der Waals surface area contributed by atoms with Gasteiger partial charge in [-0.2, -0.15) is 10.1 Å². The summed E-state index contributed by atoms with van der Waals surface area (Å²) in [4.78, 5) is 9.07. The quantitative estimate of drug-likeness (QED) is 0.296. The zero-order chi connectivity index (χ0) is 22.0. The number of halogens is 1. The third kappa shape index (κ3) is 4.68. The summed E-state index contributed by atoms with van der Waals surface area (Å²) in [7, 11) is 0. The maximum atomic E-state index is 10.1. The molecule has 30 heavy (non-hydrogen) atoms. The highest BCUT2D eigenvalue weighted by molar-refractivity contribution is 6.32. The van der Waals surface area contributed by atoms with Gasteiger partial charge in [-0.3, -0.25) is 5.10 Å². The number of H-pyrrole nitrogens is 1. The van der Waals surface area contributed by atoms with E-state index in [1.165, 1.54) is 12.1 Å². The predicted molar refractivity (Wildman–Crippen MR) is 117 cm³/mol. The molecule has 2 heterocycles. The van der Waals surface area contributed by atoms with E-state index in [0.29, 0.717) is 34.9 Å². The summed E-state index contributed by atoms with van der Waals surface area (Å²) in [6.07, 6.45) is -0.538. The number of aromatic amines is 1. The Hall–Kier alpha value is -2.78. The van der Waals surface area contributed by atoms with Crippen LogP contribution in [-0.4, -0.2) is 48.1 Å². The minimum atomic E-state index is -0.538. The average molecular weight is 435 g/mol. The number of hydrogen-bond acceptors (Lipinski definition) is 8. The fraction of sp³-hybridized carbons (Fsp3) is 0.450. The van der Waals surface area contributed by atoms with Gasteiger partial charge in [0, 0.05) is 24.7 Å². The molecule has 0 amide bonds. The predicted octanol–water partition coefficient (Wildman–Crippen LogP) is 3.58. The molecule has 0 aliphatic heterocycles. The van der Waals surface area contributed by atoms with Crippen molar-refractivity contribution in [2.75, 3.05) is 17.2 Å². The van der Waals surface area contributed by atoms with Gasteiger partial charge in [0.25, 0.3) is 0 Å². The molecular formula is C20H27ClN6O3. The van der Waals surface area contributed by atoms with E-state index >= 15 is 0 Å². The first-order valence-corrected chi connectivity index (χ1v) is 10.2. The van der Waals surface area contributed by atoms with Crippen LogP contribution in [0.4, 0.5) is 11.8 Å². The van der Waals surface area contributed by atoms with Crippen molar-refractivity contribution in [2.45, 2.75) is 46.3 Å². The van der Waals surface area contributed by atoms with Crippen LogP contribution in [0.2, 0.25) is 5.02 Å². The van der Waals surface area contributed by atoms with Gasteiger partial charge in [0.1, 0.15) is 17.0 Å². The fourth-order valence-electron chi connectivity index (χ4n) is 2.87. The molecule has 3 rings (SSSR count). The molecule has 0 saturated carbocycles. The number of anilines is 2. The van der Waals surface area contributed by atoms with Crippen LogP contribution in [0.1, 0.15) is 44.9 Å². The van der Waals surface area contributed by atoms with E-state index < -0.39 is 6.10 Å². The van der Waals surface area contributed by atoms with Gasteiger partial charge >= 0.3 is 0 Å². The SMILES string of the molecule is CC(C)c1[nH]nc2c(NCc3cc(O)c(Cl)cc3O)nc(NCC(O)C(C)C)nc12. The van der Waals surface area contributed by atoms with Gasteiger partial charge < -0.3 is 26.0 Å². The number of hydrogen-bond donors (Lipinski definition) is 6. The first-order chi connectivity index (χ1) is 14.2. The van der Waals surface area contributed by atoms with E-state index in [0.717, 1.165) is 5.69 Å². The fourth-order valence-corrected chi connectivity index (χ4v) is 3.03. The average Bonchev–Trinajstić information content (AvgIpc) is 3.12. The maximum Gasteiger partial charge on any atom is 0.225 e. The van der Waals surface area contributed by atoms with Gasteiger partial charge in [-0.15, -0.1) is 0 Å². The number of benzene rings is 1. The van der Waals surface area contributed by atoms with Gasteiger partial charge in [-0.1, -0.05) is 39.3 Å². The maximum absolute atomic E-state index is 10.1. The van der Waals surface area contributed by atoms with Crippen LogP contribution < -0.4 is 10.6 Å². The number of aliphatic hydroxyl groups is 1. The van der Waals surface area contributed by atoms with Crippen LogP contribution >= 0.6 is 11.6 Å². The van der Waals surface area contributed by atoms with Crippen molar-refractivity contribution in [1.29, 1.82) is 0 Å². The van der Waals surface area contributed by atoms with Gasteiger partial charge in [0.15, 0.2) is 11.3 Å². The zero-order valence-electron chi connectivity index (χ0n) is 17.4. The van der Waals surface area contributed by atoms with Crippen molar-refractivity contribution in [2.24, 2.45) is 5.92 Å². The van der Waals surface area contributed by atoms with Crippen molar-refractivity contribution >= 4 is 34.4 Å². The van der Waals surface area contributed by atoms with Crippen LogP contribution in [-0.2, 0) is 6.54 Å².